The summed E-state index contributed by atoms with van der Waals surface area (Å²) in [6.07, 6.45) is 5.57. The molecule has 1 atom stereocenters. The molecule has 1 N–H and O–H groups in total. The number of hydrogen-bond acceptors (Lipinski definition) is 5. The lowest BCUT2D eigenvalue weighted by atomic mass is 10.1. The number of esters is 1. The number of carbonyl (C=O) groups is 2. The number of benzene rings is 1. The minimum absolute atomic E-state index is 0.0263. The van der Waals surface area contributed by atoms with Gasteiger partial charge in [-0.25, -0.2) is 4.79 Å². The number of hydrogen-bond donors (Lipinski definition) is 1. The van der Waals surface area contributed by atoms with Gasteiger partial charge in [0.05, 0.1) is 0 Å². The number of ether oxygens (including phenoxy) is 1. The summed E-state index contributed by atoms with van der Waals surface area (Å²) >= 11 is 0. The van der Waals surface area contributed by atoms with Gasteiger partial charge in [0.1, 0.15) is 23.0 Å². The van der Waals surface area contributed by atoms with Crippen molar-refractivity contribution in [3.8, 4) is 12.0 Å². The second kappa shape index (κ2) is 7.91. The maximum absolute atomic E-state index is 12.7. The van der Waals surface area contributed by atoms with E-state index < -0.39 is 18.0 Å². The van der Waals surface area contributed by atoms with Gasteiger partial charge >= 0.3 is 5.97 Å². The average molecular weight is 403 g/mol. The van der Waals surface area contributed by atoms with Crippen LogP contribution >= 0.6 is 0 Å². The molecule has 0 spiro atoms. The molecule has 2 aromatic heterocycles. The molecule has 1 aromatic carbocycles. The van der Waals surface area contributed by atoms with Crippen molar-refractivity contribution in [1.29, 1.82) is 5.26 Å². The number of nitriles is 1. The predicted octanol–water partition coefficient (Wildman–Crippen LogP) is 3.92. The lowest BCUT2D eigenvalue weighted by molar-refractivity contribution is -0.123. The molecule has 0 aliphatic heterocycles. The van der Waals surface area contributed by atoms with Crippen molar-refractivity contribution in [3.05, 3.63) is 70.7 Å². The van der Waals surface area contributed by atoms with Crippen molar-refractivity contribution in [2.45, 2.75) is 39.2 Å². The lowest BCUT2D eigenvalue weighted by Gasteiger charge is -2.14. The van der Waals surface area contributed by atoms with E-state index in [2.05, 4.69) is 5.32 Å². The van der Waals surface area contributed by atoms with E-state index in [0.29, 0.717) is 5.69 Å². The van der Waals surface area contributed by atoms with E-state index in [4.69, 9.17) is 9.15 Å². The van der Waals surface area contributed by atoms with Gasteiger partial charge < -0.3 is 14.5 Å². The van der Waals surface area contributed by atoms with Gasteiger partial charge in [-0.3, -0.25) is 9.36 Å². The predicted molar refractivity (Wildman–Crippen MR) is 109 cm³/mol. The maximum atomic E-state index is 12.7. The second-order valence-corrected chi connectivity index (χ2v) is 7.29. The van der Waals surface area contributed by atoms with Gasteiger partial charge in [0, 0.05) is 18.1 Å². The van der Waals surface area contributed by atoms with Crippen LogP contribution in [0, 0.1) is 18.3 Å². The van der Waals surface area contributed by atoms with Crippen molar-refractivity contribution in [1.82, 2.24) is 4.57 Å². The monoisotopic (exact) mass is 403 g/mol. The highest BCUT2D eigenvalue weighted by Crippen LogP contribution is 2.27. The lowest BCUT2D eigenvalue weighted by Crippen LogP contribution is -2.30. The summed E-state index contributed by atoms with van der Waals surface area (Å²) < 4.78 is 12.6. The molecule has 7 heteroatoms. The Bertz CT molecular complexity index is 1150. The van der Waals surface area contributed by atoms with Crippen LogP contribution in [-0.4, -0.2) is 22.5 Å². The van der Waals surface area contributed by atoms with E-state index >= 15 is 0 Å². The molecule has 1 aliphatic rings. The highest BCUT2D eigenvalue weighted by atomic mass is 16.5. The number of furan rings is 1. The number of aryl methyl sites for hydroxylation is 3. The third kappa shape index (κ3) is 3.60. The van der Waals surface area contributed by atoms with E-state index in [9.17, 15) is 14.9 Å². The summed E-state index contributed by atoms with van der Waals surface area (Å²) in [6, 6.07) is 11.4. The first-order chi connectivity index (χ1) is 14.5. The van der Waals surface area contributed by atoms with Crippen molar-refractivity contribution in [2.24, 2.45) is 0 Å². The van der Waals surface area contributed by atoms with Gasteiger partial charge in [0.2, 0.25) is 5.88 Å². The molecule has 0 radical (unpaired) electrons. The van der Waals surface area contributed by atoms with Crippen LogP contribution in [0.2, 0.25) is 0 Å². The topological polar surface area (TPSA) is 97.3 Å². The molecule has 0 bridgehead atoms. The Morgan fingerprint density at radius 3 is 2.70 bits per heavy atom. The van der Waals surface area contributed by atoms with Crippen LogP contribution in [0.3, 0.4) is 0 Å². The third-order valence-electron chi connectivity index (χ3n) is 5.24. The molecule has 0 saturated heterocycles. The van der Waals surface area contributed by atoms with Crippen LogP contribution in [0.1, 0.15) is 46.2 Å². The zero-order chi connectivity index (χ0) is 21.3. The molecular weight excluding hydrogens is 382 g/mol. The average Bonchev–Trinajstić information content (AvgIpc) is 3.46. The van der Waals surface area contributed by atoms with Crippen LogP contribution in [-0.2, 0) is 22.4 Å². The van der Waals surface area contributed by atoms with Gasteiger partial charge in [-0.15, -0.1) is 0 Å². The molecule has 1 amide bonds. The maximum Gasteiger partial charge on any atom is 0.343 e. The standard InChI is InChI=1S/C23H21N3O4/c1-14-20(19(13-24)22(29-14)26-10-3-4-11-26)23(28)30-15(2)21(27)25-18-9-8-16-6-5-7-17(16)12-18/h3-4,8-12,15H,5-7H2,1-2H3,(H,25,27)/t15-/m1/s1. The molecule has 7 nitrogen and oxygen atoms in total. The smallest absolute Gasteiger partial charge is 0.343 e. The summed E-state index contributed by atoms with van der Waals surface area (Å²) in [7, 11) is 0. The number of amides is 1. The minimum atomic E-state index is -1.04. The number of nitrogens with zero attached hydrogens (tertiary/aromatic N) is 2. The van der Waals surface area contributed by atoms with Gasteiger partial charge in [0.15, 0.2) is 6.10 Å². The summed E-state index contributed by atoms with van der Waals surface area (Å²) in [5.74, 6) is -0.719. The number of aromatic nitrogens is 1. The molecule has 1 aliphatic carbocycles. The van der Waals surface area contributed by atoms with Crippen molar-refractivity contribution < 1.29 is 18.7 Å². The fourth-order valence-electron chi connectivity index (χ4n) is 3.70. The third-order valence-corrected chi connectivity index (χ3v) is 5.24. The number of rotatable bonds is 5. The minimum Gasteiger partial charge on any atom is -0.449 e. The Balaban J connectivity index is 1.48. The Morgan fingerprint density at radius 2 is 1.97 bits per heavy atom. The molecule has 0 unspecified atom stereocenters. The molecule has 2 heterocycles. The number of fused-ring (bicyclic) bond motifs is 1. The normalized spacial score (nSPS) is 13.4. The second-order valence-electron chi connectivity index (χ2n) is 7.29. The highest BCUT2D eigenvalue weighted by molar-refractivity contribution is 5.99. The van der Waals surface area contributed by atoms with Gasteiger partial charge in [0.25, 0.3) is 5.91 Å². The Hall–Kier alpha value is -3.79. The van der Waals surface area contributed by atoms with E-state index in [0.717, 1.165) is 19.3 Å². The van der Waals surface area contributed by atoms with Crippen molar-refractivity contribution in [3.63, 3.8) is 0 Å². The van der Waals surface area contributed by atoms with Gasteiger partial charge in [-0.1, -0.05) is 6.07 Å². The summed E-state index contributed by atoms with van der Waals surface area (Å²) in [6.45, 7) is 3.08. The zero-order valence-electron chi connectivity index (χ0n) is 16.8. The largest absolute Gasteiger partial charge is 0.449 e. The van der Waals surface area contributed by atoms with Crippen LogP contribution < -0.4 is 5.32 Å². The van der Waals surface area contributed by atoms with Gasteiger partial charge in [-0.2, -0.15) is 5.26 Å². The molecule has 3 aromatic rings. The molecule has 152 valence electrons. The van der Waals surface area contributed by atoms with Crippen LogP contribution in [0.4, 0.5) is 5.69 Å². The van der Waals surface area contributed by atoms with Gasteiger partial charge in [-0.05, 0) is 68.5 Å². The van der Waals surface area contributed by atoms with Crippen LogP contribution in [0.25, 0.3) is 5.88 Å². The fraction of sp³-hybridized carbons (Fsp3) is 0.261. The van der Waals surface area contributed by atoms with E-state index in [-0.39, 0.29) is 22.8 Å². The van der Waals surface area contributed by atoms with E-state index in [1.165, 1.54) is 18.1 Å². The molecule has 0 saturated carbocycles. The summed E-state index contributed by atoms with van der Waals surface area (Å²) in [5.41, 5.74) is 3.32. The van der Waals surface area contributed by atoms with E-state index in [1.807, 2.05) is 24.3 Å². The first-order valence-corrected chi connectivity index (χ1v) is 9.78. The first kappa shape index (κ1) is 19.5. The number of carbonyl (C=O) groups excluding carboxylic acids is 2. The molecule has 0 fully saturated rings. The Labute approximate surface area is 173 Å². The summed E-state index contributed by atoms with van der Waals surface area (Å²) in [5, 5.41) is 12.4. The van der Waals surface area contributed by atoms with Crippen LogP contribution in [0.15, 0.2) is 47.1 Å². The Kier molecular flexibility index (Phi) is 5.15. The SMILES string of the molecule is Cc1oc(-n2cccc2)c(C#N)c1C(=O)O[C@H](C)C(=O)Nc1ccc2c(c1)CCC2. The van der Waals surface area contributed by atoms with Crippen molar-refractivity contribution in [2.75, 3.05) is 5.32 Å². The quantitative estimate of drug-likeness (QED) is 0.651. The fourth-order valence-corrected chi connectivity index (χ4v) is 3.70. The first-order valence-electron chi connectivity index (χ1n) is 9.78. The molecular formula is C23H21N3O4. The molecule has 4 rings (SSSR count). The van der Waals surface area contributed by atoms with Crippen molar-refractivity contribution >= 4 is 17.6 Å². The van der Waals surface area contributed by atoms with E-state index in [1.54, 1.807) is 36.0 Å². The highest BCUT2D eigenvalue weighted by Gasteiger charge is 2.28. The Morgan fingerprint density at radius 1 is 1.23 bits per heavy atom. The van der Waals surface area contributed by atoms with Crippen LogP contribution in [0.5, 0.6) is 0 Å². The number of nitrogens with one attached hydrogen (secondary N) is 1. The number of anilines is 1. The summed E-state index contributed by atoms with van der Waals surface area (Å²) in [4.78, 5) is 25.3. The zero-order valence-corrected chi connectivity index (χ0v) is 16.8. The molecule has 30 heavy (non-hydrogen) atoms.